The number of oxime groups is 1. The smallest absolute Gasteiger partial charge is 0.170 e. The van der Waals surface area contributed by atoms with Gasteiger partial charge in [0.15, 0.2) is 5.84 Å². The number of nitrogens with zero attached hydrogens (tertiary/aromatic N) is 2. The van der Waals surface area contributed by atoms with E-state index >= 15 is 0 Å². The molecule has 0 saturated heterocycles. The first-order chi connectivity index (χ1) is 9.26. The lowest BCUT2D eigenvalue weighted by Gasteiger charge is -2.06. The van der Waals surface area contributed by atoms with Crippen LogP contribution in [0.2, 0.25) is 0 Å². The minimum absolute atomic E-state index is 0.126. The van der Waals surface area contributed by atoms with Crippen molar-refractivity contribution < 1.29 is 9.94 Å². The summed E-state index contributed by atoms with van der Waals surface area (Å²) in [6.45, 7) is 4.43. The zero-order valence-electron chi connectivity index (χ0n) is 11.0. The Morgan fingerprint density at radius 3 is 2.95 bits per heavy atom. The predicted octanol–water partition coefficient (Wildman–Crippen LogP) is 2.16. The Hall–Kier alpha value is -2.01. The molecule has 0 amide bonds. The van der Waals surface area contributed by atoms with E-state index < -0.39 is 0 Å². The number of ether oxygens (including phenoxy) is 1. The molecule has 0 saturated carbocycles. The number of rotatable bonds is 6. The van der Waals surface area contributed by atoms with Crippen molar-refractivity contribution in [1.82, 2.24) is 4.57 Å². The van der Waals surface area contributed by atoms with Crippen molar-refractivity contribution in [3.05, 3.63) is 36.0 Å². The van der Waals surface area contributed by atoms with E-state index in [4.69, 9.17) is 15.7 Å². The van der Waals surface area contributed by atoms with E-state index in [9.17, 15) is 0 Å². The van der Waals surface area contributed by atoms with E-state index in [1.807, 2.05) is 30.5 Å². The van der Waals surface area contributed by atoms with Gasteiger partial charge in [-0.05, 0) is 30.7 Å². The predicted molar refractivity (Wildman–Crippen MR) is 75.6 cm³/mol. The Labute approximate surface area is 112 Å². The largest absolute Gasteiger partial charge is 0.409 e. The highest BCUT2D eigenvalue weighted by molar-refractivity contribution is 6.00. The average molecular weight is 261 g/mol. The molecule has 0 atom stereocenters. The average Bonchev–Trinajstić information content (AvgIpc) is 2.85. The summed E-state index contributed by atoms with van der Waals surface area (Å²) in [6.07, 6.45) is 3.06. The number of amidine groups is 1. The summed E-state index contributed by atoms with van der Waals surface area (Å²) in [6, 6.07) is 7.75. The van der Waals surface area contributed by atoms with Gasteiger partial charge in [0.1, 0.15) is 0 Å². The second-order valence-electron chi connectivity index (χ2n) is 4.38. The Kier molecular flexibility index (Phi) is 4.41. The van der Waals surface area contributed by atoms with Crippen molar-refractivity contribution in [2.75, 3.05) is 13.2 Å². The van der Waals surface area contributed by atoms with Gasteiger partial charge in [-0.3, -0.25) is 0 Å². The molecular formula is C14H19N3O2. The van der Waals surface area contributed by atoms with Gasteiger partial charge in [0, 0.05) is 35.8 Å². The normalized spacial score (nSPS) is 12.2. The topological polar surface area (TPSA) is 72.8 Å². The van der Waals surface area contributed by atoms with Crippen LogP contribution >= 0.6 is 0 Å². The van der Waals surface area contributed by atoms with E-state index in [1.165, 1.54) is 0 Å². The summed E-state index contributed by atoms with van der Waals surface area (Å²) in [4.78, 5) is 0. The van der Waals surface area contributed by atoms with E-state index in [0.29, 0.717) is 6.61 Å². The fraction of sp³-hybridized carbons (Fsp3) is 0.357. The van der Waals surface area contributed by atoms with Crippen LogP contribution in [0.5, 0.6) is 0 Å². The number of aromatic nitrogens is 1. The van der Waals surface area contributed by atoms with Crippen molar-refractivity contribution in [1.29, 1.82) is 0 Å². The molecule has 102 valence electrons. The molecule has 0 fully saturated rings. The van der Waals surface area contributed by atoms with Gasteiger partial charge in [0.25, 0.3) is 0 Å². The Morgan fingerprint density at radius 1 is 1.37 bits per heavy atom. The highest BCUT2D eigenvalue weighted by Crippen LogP contribution is 2.17. The van der Waals surface area contributed by atoms with Crippen molar-refractivity contribution in [3.8, 4) is 0 Å². The van der Waals surface area contributed by atoms with Gasteiger partial charge < -0.3 is 20.2 Å². The molecule has 1 aromatic carbocycles. The van der Waals surface area contributed by atoms with Crippen LogP contribution in [-0.2, 0) is 11.3 Å². The van der Waals surface area contributed by atoms with Crippen molar-refractivity contribution in [2.24, 2.45) is 10.9 Å². The number of benzene rings is 1. The summed E-state index contributed by atoms with van der Waals surface area (Å²) in [5.41, 5.74) is 7.42. The van der Waals surface area contributed by atoms with Crippen LogP contribution in [-0.4, -0.2) is 28.8 Å². The first-order valence-electron chi connectivity index (χ1n) is 6.40. The molecule has 2 rings (SSSR count). The first-order valence-corrected chi connectivity index (χ1v) is 6.40. The molecule has 0 aliphatic rings. The fourth-order valence-electron chi connectivity index (χ4n) is 2.02. The molecule has 0 aliphatic carbocycles. The SMILES string of the molecule is CCCOCCn1ccc2cc(/C(N)=N/O)ccc21. The summed E-state index contributed by atoms with van der Waals surface area (Å²) in [5.74, 6) is 0.126. The van der Waals surface area contributed by atoms with Crippen LogP contribution in [0.3, 0.4) is 0 Å². The molecule has 0 bridgehead atoms. The van der Waals surface area contributed by atoms with Gasteiger partial charge in [0.05, 0.1) is 6.61 Å². The maximum atomic E-state index is 8.67. The molecule has 3 N–H and O–H groups in total. The molecule has 0 aliphatic heterocycles. The molecule has 2 aromatic rings. The van der Waals surface area contributed by atoms with Gasteiger partial charge in [-0.25, -0.2) is 0 Å². The monoisotopic (exact) mass is 261 g/mol. The third kappa shape index (κ3) is 3.06. The number of fused-ring (bicyclic) bond motifs is 1. The summed E-state index contributed by atoms with van der Waals surface area (Å²) >= 11 is 0. The van der Waals surface area contributed by atoms with Crippen LogP contribution in [0.15, 0.2) is 35.6 Å². The molecule has 0 unspecified atom stereocenters. The third-order valence-corrected chi connectivity index (χ3v) is 3.00. The minimum Gasteiger partial charge on any atom is -0.409 e. The zero-order valence-corrected chi connectivity index (χ0v) is 11.0. The zero-order chi connectivity index (χ0) is 13.7. The van der Waals surface area contributed by atoms with Crippen LogP contribution in [0.1, 0.15) is 18.9 Å². The van der Waals surface area contributed by atoms with Gasteiger partial charge in [-0.1, -0.05) is 12.1 Å². The number of hydrogen-bond donors (Lipinski definition) is 2. The fourth-order valence-corrected chi connectivity index (χ4v) is 2.02. The first kappa shape index (κ1) is 13.4. The number of nitrogens with two attached hydrogens (primary N) is 1. The van der Waals surface area contributed by atoms with Crippen LogP contribution in [0, 0.1) is 0 Å². The van der Waals surface area contributed by atoms with Crippen molar-refractivity contribution >= 4 is 16.7 Å². The van der Waals surface area contributed by atoms with Gasteiger partial charge in [-0.2, -0.15) is 0 Å². The molecule has 0 radical (unpaired) electrons. The quantitative estimate of drug-likeness (QED) is 0.275. The van der Waals surface area contributed by atoms with Crippen molar-refractivity contribution in [3.63, 3.8) is 0 Å². The molecule has 5 heteroatoms. The summed E-state index contributed by atoms with van der Waals surface area (Å²) in [5, 5.41) is 12.8. The van der Waals surface area contributed by atoms with E-state index in [0.717, 1.165) is 36.0 Å². The standard InChI is InChI=1S/C14H19N3O2/c1-2-8-19-9-7-17-6-5-11-10-12(14(15)16-18)3-4-13(11)17/h3-6,10,18H,2,7-9H2,1H3,(H2,15,16). The third-order valence-electron chi connectivity index (χ3n) is 3.00. The molecule has 1 heterocycles. The maximum absolute atomic E-state index is 8.67. The second kappa shape index (κ2) is 6.24. The van der Waals surface area contributed by atoms with Gasteiger partial charge in [-0.15, -0.1) is 0 Å². The van der Waals surface area contributed by atoms with Crippen LogP contribution in [0.25, 0.3) is 10.9 Å². The lowest BCUT2D eigenvalue weighted by molar-refractivity contribution is 0.127. The molecule has 1 aromatic heterocycles. The minimum atomic E-state index is 0.126. The lowest BCUT2D eigenvalue weighted by atomic mass is 10.1. The number of hydrogen-bond acceptors (Lipinski definition) is 3. The lowest BCUT2D eigenvalue weighted by Crippen LogP contribution is -2.12. The Bertz CT molecular complexity index is 575. The summed E-state index contributed by atoms with van der Waals surface area (Å²) in [7, 11) is 0. The molecule has 0 spiro atoms. The molecule has 5 nitrogen and oxygen atoms in total. The highest BCUT2D eigenvalue weighted by atomic mass is 16.5. The van der Waals surface area contributed by atoms with Gasteiger partial charge >= 0.3 is 0 Å². The van der Waals surface area contributed by atoms with E-state index in [-0.39, 0.29) is 5.84 Å². The van der Waals surface area contributed by atoms with E-state index in [1.54, 1.807) is 0 Å². The summed E-state index contributed by atoms with van der Waals surface area (Å²) < 4.78 is 7.63. The molecular weight excluding hydrogens is 242 g/mol. The maximum Gasteiger partial charge on any atom is 0.170 e. The van der Waals surface area contributed by atoms with Crippen molar-refractivity contribution in [2.45, 2.75) is 19.9 Å². The second-order valence-corrected chi connectivity index (χ2v) is 4.38. The van der Waals surface area contributed by atoms with Gasteiger partial charge in [0.2, 0.25) is 0 Å². The van der Waals surface area contributed by atoms with Crippen LogP contribution in [0.4, 0.5) is 0 Å². The molecule has 19 heavy (non-hydrogen) atoms. The Balaban J connectivity index is 2.15. The Morgan fingerprint density at radius 2 is 2.21 bits per heavy atom. The van der Waals surface area contributed by atoms with Crippen LogP contribution < -0.4 is 5.73 Å². The van der Waals surface area contributed by atoms with E-state index in [2.05, 4.69) is 16.6 Å². The highest BCUT2D eigenvalue weighted by Gasteiger charge is 2.04.